The molecule has 0 aliphatic rings. The topological polar surface area (TPSA) is 101 Å². The van der Waals surface area contributed by atoms with Gasteiger partial charge in [0, 0.05) is 5.56 Å². The third-order valence-corrected chi connectivity index (χ3v) is 2.68. The molecule has 0 aliphatic carbocycles. The third kappa shape index (κ3) is 1.43. The van der Waals surface area contributed by atoms with E-state index < -0.39 is 0 Å². The van der Waals surface area contributed by atoms with Gasteiger partial charge in [0.15, 0.2) is 5.76 Å². The number of furan rings is 1. The minimum atomic E-state index is -0.0577. The summed E-state index contributed by atoms with van der Waals surface area (Å²) in [5.74, 6) is 0.728. The molecule has 0 radical (unpaired) electrons. The van der Waals surface area contributed by atoms with Crippen molar-refractivity contribution in [2.45, 2.75) is 0 Å². The molecule has 4 N–H and O–H groups in total. The fraction of sp³-hybridized carbons (Fsp3) is 0. The predicted octanol–water partition coefficient (Wildman–Crippen LogP) is 1.82. The van der Waals surface area contributed by atoms with E-state index in [0.29, 0.717) is 28.2 Å². The highest BCUT2D eigenvalue weighted by atomic mass is 16.5. The molecule has 0 spiro atoms. The number of imidazole rings is 1. The van der Waals surface area contributed by atoms with Gasteiger partial charge in [0.25, 0.3) is 0 Å². The maximum Gasteiger partial charge on any atom is 0.212 e. The van der Waals surface area contributed by atoms with Gasteiger partial charge in [-0.1, -0.05) is 0 Å². The van der Waals surface area contributed by atoms with Crippen LogP contribution in [0.5, 0.6) is 0 Å². The van der Waals surface area contributed by atoms with Gasteiger partial charge in [-0.3, -0.25) is 5.41 Å². The predicted molar refractivity (Wildman–Crippen MR) is 65.6 cm³/mol. The Bertz CT molecular complexity index is 728. The summed E-state index contributed by atoms with van der Waals surface area (Å²) >= 11 is 0. The highest BCUT2D eigenvalue weighted by Crippen LogP contribution is 2.24. The Morgan fingerprint density at radius 2 is 2.22 bits per heavy atom. The zero-order valence-corrected chi connectivity index (χ0v) is 9.29. The Morgan fingerprint density at radius 3 is 2.89 bits per heavy atom. The fourth-order valence-corrected chi connectivity index (χ4v) is 1.80. The molecule has 6 nitrogen and oxygen atoms in total. The Morgan fingerprint density at radius 1 is 1.39 bits per heavy atom. The number of nitrogen functional groups attached to an aromatic ring is 1. The Labute approximate surface area is 102 Å². The third-order valence-electron chi connectivity index (χ3n) is 2.68. The van der Waals surface area contributed by atoms with Crippen molar-refractivity contribution in [2.75, 3.05) is 0 Å². The molecule has 0 amide bonds. The molecule has 3 rings (SSSR count). The van der Waals surface area contributed by atoms with Crippen LogP contribution in [0.3, 0.4) is 0 Å². The van der Waals surface area contributed by atoms with Gasteiger partial charge >= 0.3 is 0 Å². The summed E-state index contributed by atoms with van der Waals surface area (Å²) in [7, 11) is 0. The molecule has 18 heavy (non-hydrogen) atoms. The number of rotatable bonds is 2. The van der Waals surface area contributed by atoms with Crippen LogP contribution in [-0.4, -0.2) is 20.8 Å². The molecule has 2 aromatic heterocycles. The van der Waals surface area contributed by atoms with E-state index in [9.17, 15) is 5.21 Å². The molecule has 2 heterocycles. The summed E-state index contributed by atoms with van der Waals surface area (Å²) < 4.78 is 6.13. The zero-order valence-electron chi connectivity index (χ0n) is 9.29. The number of benzene rings is 1. The zero-order chi connectivity index (χ0) is 12.7. The molecule has 0 aliphatic heterocycles. The van der Waals surface area contributed by atoms with E-state index in [-0.39, 0.29) is 5.84 Å². The highest BCUT2D eigenvalue weighted by Gasteiger charge is 2.14. The minimum Gasteiger partial charge on any atom is -0.461 e. The van der Waals surface area contributed by atoms with Crippen LogP contribution in [0.25, 0.3) is 22.6 Å². The summed E-state index contributed by atoms with van der Waals surface area (Å²) in [4.78, 5) is 4.26. The van der Waals surface area contributed by atoms with Crippen molar-refractivity contribution >= 4 is 16.9 Å². The highest BCUT2D eigenvalue weighted by molar-refractivity contribution is 5.98. The van der Waals surface area contributed by atoms with Crippen molar-refractivity contribution in [1.82, 2.24) is 9.71 Å². The Kier molecular flexibility index (Phi) is 2.09. The molecule has 90 valence electrons. The fourth-order valence-electron chi connectivity index (χ4n) is 1.80. The average molecular weight is 242 g/mol. The number of hydrogen-bond donors (Lipinski definition) is 3. The number of nitrogens with zero attached hydrogens (tertiary/aromatic N) is 2. The van der Waals surface area contributed by atoms with Gasteiger partial charge in [-0.2, -0.15) is 4.73 Å². The van der Waals surface area contributed by atoms with Gasteiger partial charge in [-0.25, -0.2) is 4.98 Å². The number of amidine groups is 1. The second-order valence-electron chi connectivity index (χ2n) is 3.84. The van der Waals surface area contributed by atoms with Crippen LogP contribution in [0, 0.1) is 5.41 Å². The Balaban J connectivity index is 2.25. The van der Waals surface area contributed by atoms with Crippen molar-refractivity contribution in [2.24, 2.45) is 5.73 Å². The largest absolute Gasteiger partial charge is 0.461 e. The van der Waals surface area contributed by atoms with E-state index in [4.69, 9.17) is 15.6 Å². The van der Waals surface area contributed by atoms with Gasteiger partial charge in [0.05, 0.1) is 11.8 Å². The van der Waals surface area contributed by atoms with Gasteiger partial charge in [-0.05, 0) is 30.3 Å². The first-order valence-electron chi connectivity index (χ1n) is 5.27. The standard InChI is InChI=1S/C12H10N4O2/c13-11(14)7-3-4-8-9(6-7)16(17)12(15-8)10-2-1-5-18-10/h1-6,17H,(H3,13,14). The van der Waals surface area contributed by atoms with E-state index in [2.05, 4.69) is 4.98 Å². The first-order chi connectivity index (χ1) is 8.66. The molecule has 6 heteroatoms. The minimum absolute atomic E-state index is 0.0577. The van der Waals surface area contributed by atoms with Crippen molar-refractivity contribution < 1.29 is 9.62 Å². The van der Waals surface area contributed by atoms with Crippen LogP contribution in [0.15, 0.2) is 41.0 Å². The number of hydrogen-bond acceptors (Lipinski definition) is 4. The van der Waals surface area contributed by atoms with E-state index in [1.165, 1.54) is 6.26 Å². The number of aromatic nitrogens is 2. The lowest BCUT2D eigenvalue weighted by molar-refractivity contribution is 0.201. The number of nitrogens with one attached hydrogen (secondary N) is 1. The maximum atomic E-state index is 10.1. The lowest BCUT2D eigenvalue weighted by atomic mass is 10.2. The van der Waals surface area contributed by atoms with E-state index in [1.807, 2.05) is 0 Å². The van der Waals surface area contributed by atoms with Crippen LogP contribution in [0.1, 0.15) is 5.56 Å². The van der Waals surface area contributed by atoms with Crippen LogP contribution in [0.2, 0.25) is 0 Å². The normalized spacial score (nSPS) is 10.9. The molecular formula is C12H10N4O2. The smallest absolute Gasteiger partial charge is 0.212 e. The van der Waals surface area contributed by atoms with Gasteiger partial charge in [-0.15, -0.1) is 0 Å². The maximum absolute atomic E-state index is 10.1. The second-order valence-corrected chi connectivity index (χ2v) is 3.84. The number of fused-ring (bicyclic) bond motifs is 1. The summed E-state index contributed by atoms with van der Waals surface area (Å²) in [5, 5.41) is 17.4. The monoisotopic (exact) mass is 242 g/mol. The SMILES string of the molecule is N=C(N)c1ccc2nc(-c3ccco3)n(O)c2c1. The molecule has 0 atom stereocenters. The second kappa shape index (κ2) is 3.63. The molecule has 3 aromatic rings. The van der Waals surface area contributed by atoms with Gasteiger partial charge in [0.2, 0.25) is 5.82 Å². The molecule has 0 bridgehead atoms. The van der Waals surface area contributed by atoms with Crippen molar-refractivity contribution in [3.8, 4) is 11.6 Å². The Hall–Kier alpha value is -2.76. The van der Waals surface area contributed by atoms with Gasteiger partial charge in [0.1, 0.15) is 11.4 Å². The summed E-state index contributed by atoms with van der Waals surface area (Å²) in [6.45, 7) is 0. The first-order valence-corrected chi connectivity index (χ1v) is 5.27. The van der Waals surface area contributed by atoms with Crippen molar-refractivity contribution in [3.05, 3.63) is 42.2 Å². The molecule has 1 aromatic carbocycles. The summed E-state index contributed by atoms with van der Waals surface area (Å²) in [5.41, 5.74) is 7.03. The van der Waals surface area contributed by atoms with Crippen molar-refractivity contribution in [1.29, 1.82) is 5.41 Å². The van der Waals surface area contributed by atoms with E-state index in [1.54, 1.807) is 30.3 Å². The van der Waals surface area contributed by atoms with E-state index >= 15 is 0 Å². The lowest BCUT2D eigenvalue weighted by Crippen LogP contribution is -2.10. The van der Waals surface area contributed by atoms with E-state index in [0.717, 1.165) is 4.73 Å². The molecule has 0 saturated carbocycles. The molecule has 0 fully saturated rings. The first kappa shape index (κ1) is 10.4. The lowest BCUT2D eigenvalue weighted by Gasteiger charge is -1.99. The van der Waals surface area contributed by atoms with Crippen LogP contribution >= 0.6 is 0 Å². The average Bonchev–Trinajstić information content (AvgIpc) is 2.97. The molecule has 0 unspecified atom stereocenters. The summed E-state index contributed by atoms with van der Waals surface area (Å²) in [6, 6.07) is 8.42. The van der Waals surface area contributed by atoms with Gasteiger partial charge < -0.3 is 15.4 Å². The quantitative estimate of drug-likeness (QED) is 0.362. The van der Waals surface area contributed by atoms with Crippen molar-refractivity contribution in [3.63, 3.8) is 0 Å². The van der Waals surface area contributed by atoms with Crippen LogP contribution in [-0.2, 0) is 0 Å². The summed E-state index contributed by atoms with van der Waals surface area (Å²) in [6.07, 6.45) is 1.51. The van der Waals surface area contributed by atoms with Crippen LogP contribution < -0.4 is 5.73 Å². The molecule has 0 saturated heterocycles. The van der Waals surface area contributed by atoms with Crippen LogP contribution in [0.4, 0.5) is 0 Å². The molecular weight excluding hydrogens is 232 g/mol. The number of nitrogens with two attached hydrogens (primary N) is 1.